The van der Waals surface area contributed by atoms with Crippen molar-refractivity contribution in [3.05, 3.63) is 47.6 Å². The van der Waals surface area contributed by atoms with E-state index in [1.54, 1.807) is 17.6 Å². The number of aromatic nitrogens is 2. The Kier molecular flexibility index (Phi) is 7.58. The number of benzene rings is 1. The number of nitrogens with two attached hydrogens (primary N) is 1. The molecule has 1 fully saturated rings. The standard InChI is InChI=1S/C18H21N6S.2BrH/c1-22-16(13-24-10-11-25-18(22)24)15-6-4-14(5-7-15)12-20-21-17(19)23-8-2-3-9-23;;/h4-7,10-13H,2-3,8-9H2,1H3,(H2,19,21);2*1H/q+1;;/p-1/b20-12+;;. The Morgan fingerprint density at radius 2 is 1.93 bits per heavy atom. The van der Waals surface area contributed by atoms with Crippen LogP contribution in [0.1, 0.15) is 18.4 Å². The molecule has 3 heterocycles. The molecule has 2 N–H and O–H groups in total. The highest BCUT2D eigenvalue weighted by molar-refractivity contribution is 8.93. The normalized spacial score (nSPS) is 14.6. The molecule has 1 aliphatic rings. The molecule has 0 radical (unpaired) electrons. The maximum absolute atomic E-state index is 5.94. The summed E-state index contributed by atoms with van der Waals surface area (Å²) in [6.45, 7) is 1.96. The third-order valence-electron chi connectivity index (χ3n) is 4.53. The van der Waals surface area contributed by atoms with Crippen LogP contribution in [0.25, 0.3) is 16.2 Å². The zero-order valence-corrected chi connectivity index (χ0v) is 19.1. The average molecular weight is 514 g/mol. The van der Waals surface area contributed by atoms with Crippen LogP contribution in [0.4, 0.5) is 0 Å². The fourth-order valence-corrected chi connectivity index (χ4v) is 3.93. The van der Waals surface area contributed by atoms with Gasteiger partial charge in [-0.25, -0.2) is 4.57 Å². The van der Waals surface area contributed by atoms with Crippen LogP contribution in [-0.4, -0.2) is 34.7 Å². The maximum Gasteiger partial charge on any atom is 0.345 e. The molecule has 2 aromatic heterocycles. The molecule has 144 valence electrons. The number of imidazole rings is 1. The van der Waals surface area contributed by atoms with Gasteiger partial charge in [0.15, 0.2) is 5.69 Å². The Morgan fingerprint density at radius 1 is 1.22 bits per heavy atom. The lowest BCUT2D eigenvalue weighted by Crippen LogP contribution is -3.00. The first kappa shape index (κ1) is 21.6. The van der Waals surface area contributed by atoms with Crippen molar-refractivity contribution in [2.24, 2.45) is 23.0 Å². The van der Waals surface area contributed by atoms with Crippen molar-refractivity contribution in [3.63, 3.8) is 0 Å². The number of halogens is 2. The summed E-state index contributed by atoms with van der Waals surface area (Å²) in [4.78, 5) is 3.28. The molecule has 0 amide bonds. The fourth-order valence-electron chi connectivity index (χ4n) is 3.13. The third kappa shape index (κ3) is 4.59. The molecule has 1 aliphatic heterocycles. The van der Waals surface area contributed by atoms with E-state index in [-0.39, 0.29) is 34.0 Å². The summed E-state index contributed by atoms with van der Waals surface area (Å²) in [5.74, 6) is 0.506. The molecule has 1 aromatic carbocycles. The lowest BCUT2D eigenvalue weighted by molar-refractivity contribution is -0.505. The first-order valence-electron chi connectivity index (χ1n) is 8.38. The minimum absolute atomic E-state index is 0. The first-order valence-corrected chi connectivity index (χ1v) is 9.26. The van der Waals surface area contributed by atoms with Gasteiger partial charge in [0.1, 0.15) is 12.4 Å². The molecule has 0 unspecified atom stereocenters. The minimum Gasteiger partial charge on any atom is -1.00 e. The molecule has 9 heteroatoms. The van der Waals surface area contributed by atoms with Crippen molar-refractivity contribution < 1.29 is 21.4 Å². The molecule has 1 saturated heterocycles. The van der Waals surface area contributed by atoms with Crippen LogP contribution in [0, 0.1) is 0 Å². The van der Waals surface area contributed by atoms with E-state index in [0.29, 0.717) is 5.96 Å². The highest BCUT2D eigenvalue weighted by atomic mass is 79.9. The largest absolute Gasteiger partial charge is 1.00 e. The topological polar surface area (TPSA) is 63.0 Å². The molecule has 0 spiro atoms. The smallest absolute Gasteiger partial charge is 0.345 e. The van der Waals surface area contributed by atoms with Crippen molar-refractivity contribution >= 4 is 45.5 Å². The minimum atomic E-state index is 0. The molecule has 6 nitrogen and oxygen atoms in total. The number of aryl methyl sites for hydroxylation is 1. The van der Waals surface area contributed by atoms with Gasteiger partial charge in [0.05, 0.1) is 13.3 Å². The summed E-state index contributed by atoms with van der Waals surface area (Å²) < 4.78 is 4.35. The summed E-state index contributed by atoms with van der Waals surface area (Å²) in [6, 6.07) is 8.31. The van der Waals surface area contributed by atoms with Gasteiger partial charge in [-0.15, -0.1) is 22.1 Å². The van der Waals surface area contributed by atoms with Crippen LogP contribution in [0.5, 0.6) is 0 Å². The van der Waals surface area contributed by atoms with E-state index >= 15 is 0 Å². The van der Waals surface area contributed by atoms with Gasteiger partial charge in [-0.2, -0.15) is 9.50 Å². The number of rotatable bonds is 3. The van der Waals surface area contributed by atoms with Crippen molar-refractivity contribution in [1.29, 1.82) is 0 Å². The van der Waals surface area contributed by atoms with E-state index < -0.39 is 0 Å². The maximum atomic E-state index is 5.94. The highest BCUT2D eigenvalue weighted by Gasteiger charge is 2.16. The number of hydrogen-bond acceptors (Lipinski definition) is 3. The van der Waals surface area contributed by atoms with Crippen molar-refractivity contribution in [1.82, 2.24) is 9.47 Å². The van der Waals surface area contributed by atoms with Crippen LogP contribution < -0.4 is 27.1 Å². The number of nitrogens with zero attached hydrogens (tertiary/aromatic N) is 5. The summed E-state index contributed by atoms with van der Waals surface area (Å²) >= 11 is 1.73. The van der Waals surface area contributed by atoms with E-state index in [9.17, 15) is 0 Å². The average Bonchev–Trinajstić information content (AvgIpc) is 3.35. The molecule has 0 aliphatic carbocycles. The fraction of sp³-hybridized carbons (Fsp3) is 0.278. The van der Waals surface area contributed by atoms with Crippen molar-refractivity contribution in [2.45, 2.75) is 12.8 Å². The predicted octanol–water partition coefficient (Wildman–Crippen LogP) is -0.181. The Balaban J connectivity index is 0.00000131. The lowest BCUT2D eigenvalue weighted by atomic mass is 10.1. The van der Waals surface area contributed by atoms with E-state index in [1.807, 2.05) is 12.1 Å². The van der Waals surface area contributed by atoms with Gasteiger partial charge in [0, 0.05) is 24.0 Å². The number of hydrogen-bond donors (Lipinski definition) is 1. The first-order chi connectivity index (χ1) is 12.2. The zero-order valence-electron chi connectivity index (χ0n) is 15.0. The highest BCUT2D eigenvalue weighted by Crippen LogP contribution is 2.21. The Morgan fingerprint density at radius 3 is 2.59 bits per heavy atom. The molecule has 3 aromatic rings. The van der Waals surface area contributed by atoms with Gasteiger partial charge in [-0.05, 0) is 30.5 Å². The second-order valence-corrected chi connectivity index (χ2v) is 7.06. The molecule has 0 atom stereocenters. The van der Waals surface area contributed by atoms with E-state index in [2.05, 4.69) is 61.0 Å². The third-order valence-corrected chi connectivity index (χ3v) is 5.48. The lowest BCUT2D eigenvalue weighted by Gasteiger charge is -2.13. The van der Waals surface area contributed by atoms with Gasteiger partial charge in [-0.1, -0.05) is 23.5 Å². The molecule has 27 heavy (non-hydrogen) atoms. The molecule has 0 bridgehead atoms. The Hall–Kier alpha value is -1.71. The van der Waals surface area contributed by atoms with Crippen molar-refractivity contribution in [2.75, 3.05) is 13.1 Å². The Labute approximate surface area is 183 Å². The molecule has 4 rings (SSSR count). The van der Waals surface area contributed by atoms with Gasteiger partial charge in [0.2, 0.25) is 5.96 Å². The zero-order chi connectivity index (χ0) is 17.2. The van der Waals surface area contributed by atoms with Crippen molar-refractivity contribution in [3.8, 4) is 11.3 Å². The monoisotopic (exact) mass is 512 g/mol. The number of guanidine groups is 1. The second-order valence-electron chi connectivity index (χ2n) is 6.19. The van der Waals surface area contributed by atoms with Gasteiger partial charge < -0.3 is 27.6 Å². The van der Waals surface area contributed by atoms with Crippen LogP contribution >= 0.6 is 28.3 Å². The van der Waals surface area contributed by atoms with E-state index in [4.69, 9.17) is 5.73 Å². The summed E-state index contributed by atoms with van der Waals surface area (Å²) in [7, 11) is 2.09. The quantitative estimate of drug-likeness (QED) is 0.228. The van der Waals surface area contributed by atoms with Gasteiger partial charge in [0.25, 0.3) is 0 Å². The number of likely N-dealkylation sites (tertiary alicyclic amines) is 1. The van der Waals surface area contributed by atoms with E-state index in [1.165, 1.54) is 29.1 Å². The van der Waals surface area contributed by atoms with Crippen LogP contribution in [0.2, 0.25) is 0 Å². The van der Waals surface area contributed by atoms with E-state index in [0.717, 1.165) is 18.7 Å². The van der Waals surface area contributed by atoms with Gasteiger partial charge in [-0.3, -0.25) is 0 Å². The molecular weight excluding hydrogens is 492 g/mol. The SMILES string of the molecule is Br.Cn1c(-c2ccc(/C=N/N=C(N)N3CCCC3)cc2)c[n+]2ccsc12.[Br-]. The van der Waals surface area contributed by atoms with Crippen LogP contribution in [0.3, 0.4) is 0 Å². The van der Waals surface area contributed by atoms with Gasteiger partial charge >= 0.3 is 4.96 Å². The van der Waals surface area contributed by atoms with Crippen LogP contribution in [0.15, 0.2) is 52.2 Å². The molecule has 0 saturated carbocycles. The summed E-state index contributed by atoms with van der Waals surface area (Å²) in [5.41, 5.74) is 9.31. The number of thiazole rings is 1. The number of fused-ring (bicyclic) bond motifs is 1. The Bertz CT molecular complexity index is 939. The summed E-state index contributed by atoms with van der Waals surface area (Å²) in [5, 5.41) is 10.3. The predicted molar refractivity (Wildman–Crippen MR) is 112 cm³/mol. The molecular formula is C18H22Br2N6S. The van der Waals surface area contributed by atoms with Crippen LogP contribution in [-0.2, 0) is 7.05 Å². The summed E-state index contributed by atoms with van der Waals surface area (Å²) in [6.07, 6.45) is 8.32. The second kappa shape index (κ2) is 9.48.